The Morgan fingerprint density at radius 2 is 2.40 bits per heavy atom. The Kier molecular flexibility index (Phi) is 1.64. The molecule has 0 spiro atoms. The van der Waals surface area contributed by atoms with Gasteiger partial charge in [0.15, 0.2) is 0 Å². The van der Waals surface area contributed by atoms with E-state index in [1.165, 1.54) is 0 Å². The molecule has 10 heavy (non-hydrogen) atoms. The number of hydrogen-bond donors (Lipinski definition) is 2. The highest BCUT2D eigenvalue weighted by Gasteiger charge is 2.44. The lowest BCUT2D eigenvalue weighted by Gasteiger charge is -2.11. The molecule has 0 heterocycles. The molecule has 0 aromatic carbocycles. The first-order valence-corrected chi connectivity index (χ1v) is 3.22. The molecule has 1 aliphatic carbocycles. The van der Waals surface area contributed by atoms with Crippen LogP contribution in [-0.2, 0) is 4.79 Å². The maximum Gasteiger partial charge on any atom is 0.341 e. The average Bonchev–Trinajstić information content (AvgIpc) is 2.13. The molecule has 2 atom stereocenters. The molecule has 0 aliphatic heterocycles. The highest BCUT2D eigenvalue weighted by molar-refractivity contribution is 5.77. The molecule has 0 amide bonds. The van der Waals surface area contributed by atoms with Crippen molar-refractivity contribution in [1.29, 1.82) is 0 Å². The molecule has 0 aromatic heterocycles. The summed E-state index contributed by atoms with van der Waals surface area (Å²) in [6, 6.07) is -0.277. The summed E-state index contributed by atoms with van der Waals surface area (Å²) >= 11 is 0. The quantitative estimate of drug-likeness (QED) is 0.560. The number of rotatable bonds is 1. The van der Waals surface area contributed by atoms with Gasteiger partial charge in [-0.15, -0.1) is 0 Å². The Morgan fingerprint density at radius 3 is 2.60 bits per heavy atom. The highest BCUT2D eigenvalue weighted by Crippen LogP contribution is 2.32. The lowest BCUT2D eigenvalue weighted by atomic mass is 10.1. The van der Waals surface area contributed by atoms with Crippen LogP contribution in [0.2, 0.25) is 0 Å². The van der Waals surface area contributed by atoms with Crippen molar-refractivity contribution in [2.24, 2.45) is 5.73 Å². The molecule has 1 aliphatic rings. The predicted octanol–water partition coefficient (Wildman–Crippen LogP) is 0.290. The van der Waals surface area contributed by atoms with E-state index in [0.717, 1.165) is 0 Å². The molecule has 1 rings (SSSR count). The van der Waals surface area contributed by atoms with E-state index in [9.17, 15) is 9.18 Å². The van der Waals surface area contributed by atoms with Gasteiger partial charge in [0.05, 0.1) is 0 Å². The summed E-state index contributed by atoms with van der Waals surface area (Å²) in [7, 11) is 0. The van der Waals surface area contributed by atoms with Crippen molar-refractivity contribution in [2.75, 3.05) is 0 Å². The van der Waals surface area contributed by atoms with E-state index in [1.807, 2.05) is 0 Å². The van der Waals surface area contributed by atoms with Crippen LogP contribution in [-0.4, -0.2) is 22.8 Å². The minimum Gasteiger partial charge on any atom is -0.479 e. The molecule has 0 saturated heterocycles. The lowest BCUT2D eigenvalue weighted by molar-refractivity contribution is -0.150. The SMILES string of the molecule is N[C@H]1CC[C@@](F)(C(=O)O)C1. The van der Waals surface area contributed by atoms with Crippen LogP contribution in [0.15, 0.2) is 0 Å². The molecule has 0 aromatic rings. The number of nitrogens with two attached hydrogens (primary N) is 1. The van der Waals surface area contributed by atoms with Crippen molar-refractivity contribution in [1.82, 2.24) is 0 Å². The molecule has 0 unspecified atom stereocenters. The average molecular weight is 147 g/mol. The monoisotopic (exact) mass is 147 g/mol. The molecule has 3 N–H and O–H groups in total. The minimum absolute atomic E-state index is 0.0394. The number of halogens is 1. The lowest BCUT2D eigenvalue weighted by Crippen LogP contribution is -2.32. The van der Waals surface area contributed by atoms with Crippen molar-refractivity contribution in [3.05, 3.63) is 0 Å². The molecular formula is C6H10FNO2. The van der Waals surface area contributed by atoms with Gasteiger partial charge in [0.1, 0.15) is 0 Å². The summed E-state index contributed by atoms with van der Waals surface area (Å²) < 4.78 is 13.0. The smallest absolute Gasteiger partial charge is 0.341 e. The van der Waals surface area contributed by atoms with Crippen LogP contribution in [0.25, 0.3) is 0 Å². The van der Waals surface area contributed by atoms with Crippen molar-refractivity contribution in [3.8, 4) is 0 Å². The van der Waals surface area contributed by atoms with Gasteiger partial charge in [-0.05, 0) is 12.8 Å². The Hall–Kier alpha value is -0.640. The third kappa shape index (κ3) is 1.11. The van der Waals surface area contributed by atoms with Crippen LogP contribution in [0.3, 0.4) is 0 Å². The normalized spacial score (nSPS) is 40.0. The zero-order valence-corrected chi connectivity index (χ0v) is 5.51. The fourth-order valence-corrected chi connectivity index (χ4v) is 1.23. The third-order valence-electron chi connectivity index (χ3n) is 1.88. The first-order chi connectivity index (χ1) is 4.54. The topological polar surface area (TPSA) is 63.3 Å². The van der Waals surface area contributed by atoms with Gasteiger partial charge in [0, 0.05) is 12.5 Å². The second kappa shape index (κ2) is 2.20. The summed E-state index contributed by atoms with van der Waals surface area (Å²) in [5.41, 5.74) is 3.30. The summed E-state index contributed by atoms with van der Waals surface area (Å²) in [5.74, 6) is -1.37. The molecule has 1 fully saturated rings. The van der Waals surface area contributed by atoms with Gasteiger partial charge in [-0.1, -0.05) is 0 Å². The number of carboxylic acid groups (broad SMARTS) is 1. The second-order valence-electron chi connectivity index (χ2n) is 2.77. The Morgan fingerprint density at radius 1 is 1.80 bits per heavy atom. The molecular weight excluding hydrogens is 137 g/mol. The highest BCUT2D eigenvalue weighted by atomic mass is 19.1. The fourth-order valence-electron chi connectivity index (χ4n) is 1.23. The standard InChI is InChI=1S/C6H10FNO2/c7-6(5(9)10)2-1-4(8)3-6/h4H,1-3,8H2,(H,9,10)/t4-,6-/m0/s1. The van der Waals surface area contributed by atoms with Crippen LogP contribution in [0, 0.1) is 0 Å². The van der Waals surface area contributed by atoms with E-state index in [4.69, 9.17) is 10.8 Å². The molecule has 0 radical (unpaired) electrons. The summed E-state index contributed by atoms with van der Waals surface area (Å²) in [6.45, 7) is 0. The number of aliphatic carboxylic acids is 1. The molecule has 3 nitrogen and oxygen atoms in total. The zero-order valence-electron chi connectivity index (χ0n) is 5.51. The minimum atomic E-state index is -2.04. The van der Waals surface area contributed by atoms with E-state index in [-0.39, 0.29) is 18.9 Å². The maximum absolute atomic E-state index is 13.0. The summed E-state index contributed by atoms with van der Waals surface area (Å²) in [4.78, 5) is 10.2. The second-order valence-corrected chi connectivity index (χ2v) is 2.77. The summed E-state index contributed by atoms with van der Waals surface area (Å²) in [5, 5.41) is 8.36. The maximum atomic E-state index is 13.0. The molecule has 1 saturated carbocycles. The van der Waals surface area contributed by atoms with Gasteiger partial charge in [-0.25, -0.2) is 9.18 Å². The van der Waals surface area contributed by atoms with Crippen molar-refractivity contribution in [2.45, 2.75) is 31.0 Å². The van der Waals surface area contributed by atoms with E-state index in [1.54, 1.807) is 0 Å². The first kappa shape index (κ1) is 7.47. The van der Waals surface area contributed by atoms with Crippen LogP contribution in [0.4, 0.5) is 4.39 Å². The van der Waals surface area contributed by atoms with Gasteiger partial charge in [0.25, 0.3) is 0 Å². The fraction of sp³-hybridized carbons (Fsp3) is 0.833. The zero-order chi connectivity index (χ0) is 7.78. The van der Waals surface area contributed by atoms with Gasteiger partial charge < -0.3 is 10.8 Å². The van der Waals surface area contributed by atoms with Crippen LogP contribution in [0.5, 0.6) is 0 Å². The predicted molar refractivity (Wildman–Crippen MR) is 33.3 cm³/mol. The van der Waals surface area contributed by atoms with Crippen LogP contribution >= 0.6 is 0 Å². The van der Waals surface area contributed by atoms with Gasteiger partial charge in [-0.3, -0.25) is 0 Å². The first-order valence-electron chi connectivity index (χ1n) is 3.22. The van der Waals surface area contributed by atoms with E-state index >= 15 is 0 Å². The van der Waals surface area contributed by atoms with Crippen molar-refractivity contribution >= 4 is 5.97 Å². The van der Waals surface area contributed by atoms with Crippen LogP contribution in [0.1, 0.15) is 19.3 Å². The van der Waals surface area contributed by atoms with E-state index < -0.39 is 11.6 Å². The van der Waals surface area contributed by atoms with E-state index in [0.29, 0.717) is 6.42 Å². The van der Waals surface area contributed by atoms with E-state index in [2.05, 4.69) is 0 Å². The van der Waals surface area contributed by atoms with Crippen LogP contribution < -0.4 is 5.73 Å². The summed E-state index contributed by atoms with van der Waals surface area (Å²) in [6.07, 6.45) is 0.495. The number of hydrogen-bond acceptors (Lipinski definition) is 2. The third-order valence-corrected chi connectivity index (χ3v) is 1.88. The Bertz CT molecular complexity index is 162. The Balaban J connectivity index is 2.63. The molecule has 4 heteroatoms. The Labute approximate surface area is 58.0 Å². The van der Waals surface area contributed by atoms with Gasteiger partial charge >= 0.3 is 5.97 Å². The van der Waals surface area contributed by atoms with Crippen molar-refractivity contribution < 1.29 is 14.3 Å². The number of alkyl halides is 1. The number of carbonyl (C=O) groups is 1. The molecule has 0 bridgehead atoms. The van der Waals surface area contributed by atoms with Gasteiger partial charge in [0.2, 0.25) is 5.67 Å². The molecule has 58 valence electrons. The van der Waals surface area contributed by atoms with Gasteiger partial charge in [-0.2, -0.15) is 0 Å². The largest absolute Gasteiger partial charge is 0.479 e. The number of carboxylic acids is 1. The van der Waals surface area contributed by atoms with Crippen molar-refractivity contribution in [3.63, 3.8) is 0 Å².